The second kappa shape index (κ2) is 7.67. The van der Waals surface area contributed by atoms with Crippen LogP contribution in [-0.2, 0) is 13.1 Å². The molecule has 140 valence electrons. The molecule has 27 heavy (non-hydrogen) atoms. The number of nitro groups is 1. The van der Waals surface area contributed by atoms with E-state index in [0.29, 0.717) is 30.0 Å². The van der Waals surface area contributed by atoms with Gasteiger partial charge in [-0.2, -0.15) is 5.10 Å². The van der Waals surface area contributed by atoms with Crippen molar-refractivity contribution < 1.29 is 9.72 Å². The van der Waals surface area contributed by atoms with Gasteiger partial charge in [-0.05, 0) is 38.5 Å². The molecule has 0 spiro atoms. The van der Waals surface area contributed by atoms with Crippen molar-refractivity contribution in [3.8, 4) is 0 Å². The molecule has 0 bridgehead atoms. The van der Waals surface area contributed by atoms with Crippen molar-refractivity contribution in [1.29, 1.82) is 0 Å². The maximum absolute atomic E-state index is 12.3. The van der Waals surface area contributed by atoms with E-state index in [1.54, 1.807) is 48.2 Å². The van der Waals surface area contributed by atoms with Crippen molar-refractivity contribution >= 4 is 22.9 Å². The molecule has 0 atom stereocenters. The van der Waals surface area contributed by atoms with Gasteiger partial charge in [0.25, 0.3) is 5.91 Å². The lowest BCUT2D eigenvalue weighted by Gasteiger charge is -2.07. The third-order valence-electron chi connectivity index (χ3n) is 4.17. The Hall–Kier alpha value is -3.07. The Morgan fingerprint density at radius 2 is 1.96 bits per heavy atom. The molecule has 2 heterocycles. The van der Waals surface area contributed by atoms with Gasteiger partial charge in [-0.3, -0.25) is 19.6 Å². The van der Waals surface area contributed by atoms with Crippen LogP contribution in [0.15, 0.2) is 30.5 Å². The monoisotopic (exact) mass is 385 g/mol. The summed E-state index contributed by atoms with van der Waals surface area (Å²) in [5.74, 6) is -0.158. The Labute approximate surface area is 160 Å². The molecule has 0 radical (unpaired) electrons. The largest absolute Gasteiger partial charge is 0.347 e. The van der Waals surface area contributed by atoms with Crippen molar-refractivity contribution in [2.45, 2.75) is 33.9 Å². The molecule has 8 nitrogen and oxygen atoms in total. The summed E-state index contributed by atoms with van der Waals surface area (Å²) < 4.78 is 1.61. The van der Waals surface area contributed by atoms with Crippen LogP contribution in [0.5, 0.6) is 0 Å². The minimum atomic E-state index is -0.411. The zero-order chi connectivity index (χ0) is 19.6. The minimum absolute atomic E-state index is 0.0456. The zero-order valence-electron chi connectivity index (χ0n) is 15.2. The van der Waals surface area contributed by atoms with E-state index in [4.69, 9.17) is 0 Å². The Balaban J connectivity index is 1.66. The molecular weight excluding hydrogens is 366 g/mol. The summed E-state index contributed by atoms with van der Waals surface area (Å²) in [5.41, 5.74) is 2.42. The summed E-state index contributed by atoms with van der Waals surface area (Å²) in [7, 11) is 0. The van der Waals surface area contributed by atoms with Gasteiger partial charge in [-0.25, -0.2) is 4.98 Å². The molecule has 9 heteroatoms. The van der Waals surface area contributed by atoms with Crippen LogP contribution in [0.2, 0.25) is 0 Å². The lowest BCUT2D eigenvalue weighted by Crippen LogP contribution is -2.22. The molecule has 0 aliphatic heterocycles. The number of aryl methyl sites for hydroxylation is 2. The van der Waals surface area contributed by atoms with E-state index in [1.807, 2.05) is 19.1 Å². The van der Waals surface area contributed by atoms with E-state index in [-0.39, 0.29) is 11.6 Å². The molecule has 0 aliphatic rings. The van der Waals surface area contributed by atoms with Crippen molar-refractivity contribution in [1.82, 2.24) is 20.1 Å². The Bertz CT molecular complexity index is 991. The summed E-state index contributed by atoms with van der Waals surface area (Å²) in [6.45, 7) is 6.08. The quantitative estimate of drug-likeness (QED) is 0.519. The first-order valence-corrected chi connectivity index (χ1v) is 9.13. The molecular formula is C18H19N5O3S. The van der Waals surface area contributed by atoms with Crippen molar-refractivity contribution in [2.75, 3.05) is 0 Å². The van der Waals surface area contributed by atoms with E-state index in [1.165, 1.54) is 0 Å². The second-order valence-electron chi connectivity index (χ2n) is 6.16. The van der Waals surface area contributed by atoms with Gasteiger partial charge < -0.3 is 5.32 Å². The molecule has 1 aromatic carbocycles. The fourth-order valence-electron chi connectivity index (χ4n) is 2.80. The van der Waals surface area contributed by atoms with Gasteiger partial charge in [0, 0.05) is 16.6 Å². The molecule has 0 saturated carbocycles. The highest BCUT2D eigenvalue weighted by Gasteiger charge is 2.21. The Morgan fingerprint density at radius 1 is 1.26 bits per heavy atom. The van der Waals surface area contributed by atoms with Gasteiger partial charge in [-0.1, -0.05) is 12.1 Å². The first-order chi connectivity index (χ1) is 12.8. The van der Waals surface area contributed by atoms with Gasteiger partial charge in [0.05, 0.1) is 23.0 Å². The second-order valence-corrected chi connectivity index (χ2v) is 7.48. The molecule has 0 saturated heterocycles. The third kappa shape index (κ3) is 4.20. The van der Waals surface area contributed by atoms with Gasteiger partial charge >= 0.3 is 5.69 Å². The third-order valence-corrected chi connectivity index (χ3v) is 5.08. The average molecular weight is 385 g/mol. The number of aromatic nitrogens is 3. The lowest BCUT2D eigenvalue weighted by atomic mass is 10.1. The topological polar surface area (TPSA) is 103 Å². The van der Waals surface area contributed by atoms with E-state index < -0.39 is 4.92 Å². The fraction of sp³-hybridized carbons (Fsp3) is 0.278. The summed E-state index contributed by atoms with van der Waals surface area (Å²) in [4.78, 5) is 28.1. The van der Waals surface area contributed by atoms with Crippen LogP contribution in [0, 0.1) is 30.9 Å². The van der Waals surface area contributed by atoms with Crippen molar-refractivity contribution in [3.63, 3.8) is 0 Å². The molecule has 1 N–H and O–H groups in total. The summed E-state index contributed by atoms with van der Waals surface area (Å²) in [5, 5.41) is 19.2. The van der Waals surface area contributed by atoms with E-state index >= 15 is 0 Å². The number of nitrogens with zero attached hydrogens (tertiary/aromatic N) is 4. The highest BCUT2D eigenvalue weighted by molar-refractivity contribution is 7.11. The molecule has 0 aliphatic carbocycles. The van der Waals surface area contributed by atoms with E-state index in [2.05, 4.69) is 15.4 Å². The summed E-state index contributed by atoms with van der Waals surface area (Å²) >= 11 is 1.55. The van der Waals surface area contributed by atoms with Crippen LogP contribution in [0.25, 0.3) is 0 Å². The Morgan fingerprint density at radius 3 is 2.52 bits per heavy atom. The number of hydrogen-bond donors (Lipinski definition) is 1. The van der Waals surface area contributed by atoms with Crippen LogP contribution >= 0.6 is 11.3 Å². The predicted octanol–water partition coefficient (Wildman–Crippen LogP) is 3.15. The smallest absolute Gasteiger partial charge is 0.312 e. The number of nitrogens with one attached hydrogen (secondary N) is 1. The van der Waals surface area contributed by atoms with Crippen LogP contribution in [0.3, 0.4) is 0 Å². The highest BCUT2D eigenvalue weighted by atomic mass is 32.1. The normalized spacial score (nSPS) is 10.8. The van der Waals surface area contributed by atoms with Crippen LogP contribution in [0.4, 0.5) is 5.69 Å². The van der Waals surface area contributed by atoms with Crippen molar-refractivity contribution in [2.24, 2.45) is 0 Å². The first kappa shape index (κ1) is 18.7. The SMILES string of the molecule is Cc1ncc(CNC(=O)c2ccc(Cn3nc(C)c([N+](=O)[O-])c3C)cc2)s1. The zero-order valence-corrected chi connectivity index (χ0v) is 16.0. The maximum Gasteiger partial charge on any atom is 0.312 e. The number of rotatable bonds is 6. The fourth-order valence-corrected chi connectivity index (χ4v) is 3.53. The number of hydrogen-bond acceptors (Lipinski definition) is 6. The summed E-state index contributed by atoms with van der Waals surface area (Å²) in [6, 6.07) is 7.13. The van der Waals surface area contributed by atoms with E-state index in [0.717, 1.165) is 15.4 Å². The molecule has 0 fully saturated rings. The molecule has 1 amide bonds. The van der Waals surface area contributed by atoms with E-state index in [9.17, 15) is 14.9 Å². The summed E-state index contributed by atoms with van der Waals surface area (Å²) in [6.07, 6.45) is 1.76. The van der Waals surface area contributed by atoms with Crippen LogP contribution < -0.4 is 5.32 Å². The lowest BCUT2D eigenvalue weighted by molar-refractivity contribution is -0.386. The van der Waals surface area contributed by atoms with Crippen LogP contribution in [0.1, 0.15) is 37.2 Å². The van der Waals surface area contributed by atoms with Crippen molar-refractivity contribution in [3.05, 3.63) is 73.0 Å². The Kier molecular flexibility index (Phi) is 5.31. The predicted molar refractivity (Wildman–Crippen MR) is 102 cm³/mol. The van der Waals surface area contributed by atoms with Gasteiger partial charge in [0.1, 0.15) is 11.4 Å². The minimum Gasteiger partial charge on any atom is -0.347 e. The van der Waals surface area contributed by atoms with Gasteiger partial charge in [0.2, 0.25) is 0 Å². The van der Waals surface area contributed by atoms with Gasteiger partial charge in [-0.15, -0.1) is 11.3 Å². The molecule has 0 unspecified atom stereocenters. The average Bonchev–Trinajstić information content (AvgIpc) is 3.16. The van der Waals surface area contributed by atoms with Crippen LogP contribution in [-0.4, -0.2) is 25.6 Å². The number of amides is 1. The standard InChI is InChI=1S/C18H19N5O3S/c1-11-17(23(25)26)12(2)22(21-11)10-14-4-6-15(7-5-14)18(24)20-9-16-8-19-13(3)27-16/h4-8H,9-10H2,1-3H3,(H,20,24). The molecule has 3 aromatic rings. The molecule has 2 aromatic heterocycles. The molecule has 3 rings (SSSR count). The number of carbonyl (C=O) groups is 1. The number of thiazole rings is 1. The number of carbonyl (C=O) groups excluding carboxylic acids is 1. The maximum atomic E-state index is 12.3. The van der Waals surface area contributed by atoms with Gasteiger partial charge in [0.15, 0.2) is 0 Å². The highest BCUT2D eigenvalue weighted by Crippen LogP contribution is 2.22. The first-order valence-electron chi connectivity index (χ1n) is 8.32. The number of benzene rings is 1.